The molecule has 0 aliphatic carbocycles. The molecule has 0 aliphatic rings. The number of hydrogen-bond donors (Lipinski definition) is 2. The van der Waals surface area contributed by atoms with Gasteiger partial charge in [0.15, 0.2) is 11.1 Å². The predicted octanol–water partition coefficient (Wildman–Crippen LogP) is 2.45. The van der Waals surface area contributed by atoms with Gasteiger partial charge in [0.05, 0.1) is 5.69 Å². The van der Waals surface area contributed by atoms with E-state index in [2.05, 4.69) is 9.97 Å². The fourth-order valence-electron chi connectivity index (χ4n) is 1.99. The van der Waals surface area contributed by atoms with Crippen molar-refractivity contribution in [3.05, 3.63) is 61.3 Å². The SMILES string of the molecule is Cc1ccc(C)c(Cc2c(C=O)[nH]c(=S)[nH]c2=O)c1. The van der Waals surface area contributed by atoms with E-state index in [1.165, 1.54) is 0 Å². The van der Waals surface area contributed by atoms with Gasteiger partial charge >= 0.3 is 0 Å². The van der Waals surface area contributed by atoms with Crippen LogP contribution in [-0.2, 0) is 6.42 Å². The van der Waals surface area contributed by atoms with Crippen molar-refractivity contribution in [2.75, 3.05) is 0 Å². The van der Waals surface area contributed by atoms with Crippen LogP contribution in [0.4, 0.5) is 0 Å². The minimum Gasteiger partial charge on any atom is -0.329 e. The van der Waals surface area contributed by atoms with Gasteiger partial charge in [0, 0.05) is 12.0 Å². The summed E-state index contributed by atoms with van der Waals surface area (Å²) in [6, 6.07) is 6.04. The molecule has 0 unspecified atom stereocenters. The van der Waals surface area contributed by atoms with E-state index in [0.29, 0.717) is 18.3 Å². The first kappa shape index (κ1) is 13.4. The van der Waals surface area contributed by atoms with E-state index in [9.17, 15) is 9.59 Å². The number of aryl methyl sites for hydroxylation is 2. The zero-order chi connectivity index (χ0) is 14.0. The van der Waals surface area contributed by atoms with Gasteiger partial charge < -0.3 is 4.98 Å². The third-order valence-corrected chi connectivity index (χ3v) is 3.27. The van der Waals surface area contributed by atoms with Gasteiger partial charge in [-0.05, 0) is 37.2 Å². The van der Waals surface area contributed by atoms with E-state index in [1.807, 2.05) is 32.0 Å². The molecule has 0 bridgehead atoms. The van der Waals surface area contributed by atoms with E-state index >= 15 is 0 Å². The highest BCUT2D eigenvalue weighted by Crippen LogP contribution is 2.14. The Kier molecular flexibility index (Phi) is 3.76. The van der Waals surface area contributed by atoms with Gasteiger partial charge in [-0.1, -0.05) is 23.8 Å². The average Bonchev–Trinajstić information content (AvgIpc) is 2.36. The van der Waals surface area contributed by atoms with Crippen molar-refractivity contribution in [1.82, 2.24) is 9.97 Å². The summed E-state index contributed by atoms with van der Waals surface area (Å²) in [7, 11) is 0. The Balaban J connectivity index is 2.55. The quantitative estimate of drug-likeness (QED) is 0.667. The minimum absolute atomic E-state index is 0.164. The maximum absolute atomic E-state index is 11.9. The van der Waals surface area contributed by atoms with Crippen LogP contribution in [0, 0.1) is 18.6 Å². The molecule has 0 amide bonds. The van der Waals surface area contributed by atoms with Gasteiger partial charge in [-0.25, -0.2) is 0 Å². The highest BCUT2D eigenvalue weighted by atomic mass is 32.1. The molecule has 0 aliphatic heterocycles. The van der Waals surface area contributed by atoms with Crippen molar-refractivity contribution in [2.24, 2.45) is 0 Å². The molecule has 5 heteroatoms. The van der Waals surface area contributed by atoms with Crippen LogP contribution in [0.3, 0.4) is 0 Å². The number of aldehydes is 1. The summed E-state index contributed by atoms with van der Waals surface area (Å²) in [6.45, 7) is 3.97. The van der Waals surface area contributed by atoms with Crippen LogP contribution in [0.5, 0.6) is 0 Å². The molecule has 0 saturated heterocycles. The second-order valence-electron chi connectivity index (χ2n) is 4.53. The molecule has 2 rings (SSSR count). The number of aromatic nitrogens is 2. The van der Waals surface area contributed by atoms with Crippen LogP contribution >= 0.6 is 12.2 Å². The molecular weight excluding hydrogens is 260 g/mol. The summed E-state index contributed by atoms with van der Waals surface area (Å²) in [4.78, 5) is 28.2. The van der Waals surface area contributed by atoms with Crippen LogP contribution in [-0.4, -0.2) is 16.3 Å². The smallest absolute Gasteiger partial charge is 0.255 e. The summed E-state index contributed by atoms with van der Waals surface area (Å²) in [6.07, 6.45) is 1.04. The normalized spacial score (nSPS) is 10.4. The maximum Gasteiger partial charge on any atom is 0.255 e. The molecule has 98 valence electrons. The zero-order valence-corrected chi connectivity index (χ0v) is 11.6. The molecule has 0 saturated carbocycles. The molecule has 1 aromatic heterocycles. The van der Waals surface area contributed by atoms with E-state index < -0.39 is 0 Å². The molecule has 4 nitrogen and oxygen atoms in total. The van der Waals surface area contributed by atoms with Gasteiger partial charge in [0.1, 0.15) is 0 Å². The Morgan fingerprint density at radius 3 is 2.68 bits per heavy atom. The Morgan fingerprint density at radius 2 is 2.00 bits per heavy atom. The molecule has 1 heterocycles. The van der Waals surface area contributed by atoms with E-state index in [-0.39, 0.29) is 16.0 Å². The molecular formula is C14H14N2O2S. The predicted molar refractivity (Wildman–Crippen MR) is 76.4 cm³/mol. The minimum atomic E-state index is -0.313. The highest BCUT2D eigenvalue weighted by molar-refractivity contribution is 7.71. The number of carbonyl (C=O) groups is 1. The third-order valence-electron chi connectivity index (χ3n) is 3.06. The fourth-order valence-corrected chi connectivity index (χ4v) is 2.19. The summed E-state index contributed by atoms with van der Waals surface area (Å²) in [5.74, 6) is 0. The standard InChI is InChI=1S/C14H14N2O2S/c1-8-3-4-9(2)10(5-8)6-11-12(7-17)15-14(19)16-13(11)18/h3-5,7H,6H2,1-2H3,(H2,15,16,18,19). The highest BCUT2D eigenvalue weighted by Gasteiger charge is 2.10. The average molecular weight is 274 g/mol. The third kappa shape index (κ3) is 2.88. The number of H-pyrrole nitrogens is 2. The molecule has 0 radical (unpaired) electrons. The monoisotopic (exact) mass is 274 g/mol. The lowest BCUT2D eigenvalue weighted by atomic mass is 9.98. The first-order chi connectivity index (χ1) is 9.01. The first-order valence-corrected chi connectivity index (χ1v) is 6.29. The lowest BCUT2D eigenvalue weighted by molar-refractivity contribution is 0.111. The van der Waals surface area contributed by atoms with Crippen molar-refractivity contribution in [2.45, 2.75) is 20.3 Å². The largest absolute Gasteiger partial charge is 0.329 e. The maximum atomic E-state index is 11.9. The molecule has 2 aromatic rings. The Morgan fingerprint density at radius 1 is 1.26 bits per heavy atom. The molecule has 0 fully saturated rings. The lowest BCUT2D eigenvalue weighted by Crippen LogP contribution is -2.18. The van der Waals surface area contributed by atoms with Crippen molar-refractivity contribution >= 4 is 18.5 Å². The first-order valence-electron chi connectivity index (χ1n) is 5.88. The van der Waals surface area contributed by atoms with Crippen LogP contribution < -0.4 is 5.56 Å². The molecule has 0 spiro atoms. The van der Waals surface area contributed by atoms with Crippen molar-refractivity contribution in [3.8, 4) is 0 Å². The Hall–Kier alpha value is -2.01. The number of carbonyl (C=O) groups excluding carboxylic acids is 1. The topological polar surface area (TPSA) is 65.7 Å². The van der Waals surface area contributed by atoms with Crippen LogP contribution in [0.15, 0.2) is 23.0 Å². The van der Waals surface area contributed by atoms with Crippen LogP contribution in [0.1, 0.15) is 32.7 Å². The summed E-state index contributed by atoms with van der Waals surface area (Å²) in [5, 5.41) is 0. The van der Waals surface area contributed by atoms with Crippen LogP contribution in [0.25, 0.3) is 0 Å². The molecule has 19 heavy (non-hydrogen) atoms. The summed E-state index contributed by atoms with van der Waals surface area (Å²) in [5.41, 5.74) is 3.58. The van der Waals surface area contributed by atoms with Crippen LogP contribution in [0.2, 0.25) is 0 Å². The molecule has 0 atom stereocenters. The number of rotatable bonds is 3. The number of hydrogen-bond acceptors (Lipinski definition) is 3. The van der Waals surface area contributed by atoms with E-state index in [1.54, 1.807) is 0 Å². The second-order valence-corrected chi connectivity index (χ2v) is 4.93. The van der Waals surface area contributed by atoms with Crippen molar-refractivity contribution < 1.29 is 4.79 Å². The van der Waals surface area contributed by atoms with Crippen molar-refractivity contribution in [1.29, 1.82) is 0 Å². The summed E-state index contributed by atoms with van der Waals surface area (Å²) < 4.78 is 0.164. The number of benzene rings is 1. The fraction of sp³-hybridized carbons (Fsp3) is 0.214. The van der Waals surface area contributed by atoms with Gasteiger partial charge in [-0.3, -0.25) is 14.6 Å². The van der Waals surface area contributed by atoms with E-state index in [0.717, 1.165) is 16.7 Å². The zero-order valence-electron chi connectivity index (χ0n) is 10.7. The van der Waals surface area contributed by atoms with Gasteiger partial charge in [0.25, 0.3) is 5.56 Å². The number of nitrogens with one attached hydrogen (secondary N) is 2. The molecule has 1 aromatic carbocycles. The van der Waals surface area contributed by atoms with Gasteiger partial charge in [-0.2, -0.15) is 0 Å². The summed E-state index contributed by atoms with van der Waals surface area (Å²) >= 11 is 4.85. The van der Waals surface area contributed by atoms with Crippen molar-refractivity contribution in [3.63, 3.8) is 0 Å². The second kappa shape index (κ2) is 5.32. The molecule has 2 N–H and O–H groups in total. The Bertz CT molecular complexity index is 744. The van der Waals surface area contributed by atoms with Gasteiger partial charge in [-0.15, -0.1) is 0 Å². The van der Waals surface area contributed by atoms with Gasteiger partial charge in [0.2, 0.25) is 0 Å². The Labute approximate surface area is 115 Å². The lowest BCUT2D eigenvalue weighted by Gasteiger charge is -2.08. The number of aromatic amines is 2. The van der Waals surface area contributed by atoms with E-state index in [4.69, 9.17) is 12.2 Å².